The van der Waals surface area contributed by atoms with E-state index >= 15 is 0 Å². The summed E-state index contributed by atoms with van der Waals surface area (Å²) < 4.78 is 0. The van der Waals surface area contributed by atoms with E-state index in [4.69, 9.17) is 30.8 Å². The van der Waals surface area contributed by atoms with Gasteiger partial charge in [-0.05, 0) is 6.26 Å². The minimum atomic E-state index is -1.82. The first-order chi connectivity index (χ1) is 6.45. The average molecular weight is 226 g/mol. The monoisotopic (exact) mass is 226 g/mol. The summed E-state index contributed by atoms with van der Waals surface area (Å²) in [6.45, 7) is 0.473. The Labute approximate surface area is 85.3 Å². The fourth-order valence-electron chi connectivity index (χ4n) is 0.387. The normalized spacial score (nSPS) is 11.1. The first-order valence-electron chi connectivity index (χ1n) is 3.52. The van der Waals surface area contributed by atoms with Gasteiger partial charge >= 0.3 is 11.9 Å². The molecular formula is C6H14N2O5S. The van der Waals surface area contributed by atoms with Crippen molar-refractivity contribution < 1.29 is 24.9 Å². The van der Waals surface area contributed by atoms with Gasteiger partial charge in [0, 0.05) is 12.3 Å². The molecule has 0 radical (unpaired) electrons. The lowest BCUT2D eigenvalue weighted by molar-refractivity contribution is -0.159. The molecule has 0 aliphatic rings. The van der Waals surface area contributed by atoms with E-state index in [0.29, 0.717) is 6.54 Å². The van der Waals surface area contributed by atoms with E-state index in [-0.39, 0.29) is 6.10 Å². The molecule has 0 saturated heterocycles. The second kappa shape index (κ2) is 10.3. The van der Waals surface area contributed by atoms with E-state index in [9.17, 15) is 0 Å². The Morgan fingerprint density at radius 2 is 1.86 bits per heavy atom. The third-order valence-corrected chi connectivity index (χ3v) is 1.61. The number of carboxylic acid groups (broad SMARTS) is 2. The number of aliphatic hydroxyl groups excluding tert-OH is 1. The van der Waals surface area contributed by atoms with Crippen molar-refractivity contribution in [2.75, 3.05) is 18.6 Å². The highest BCUT2D eigenvalue weighted by atomic mass is 32.2. The van der Waals surface area contributed by atoms with E-state index in [1.807, 2.05) is 6.26 Å². The third-order valence-electron chi connectivity index (χ3n) is 0.895. The van der Waals surface area contributed by atoms with Crippen LogP contribution >= 0.6 is 11.8 Å². The fraction of sp³-hybridized carbons (Fsp3) is 0.667. The van der Waals surface area contributed by atoms with Crippen LogP contribution in [-0.2, 0) is 9.59 Å². The van der Waals surface area contributed by atoms with E-state index in [1.54, 1.807) is 11.8 Å². The molecule has 0 amide bonds. The molecule has 1 atom stereocenters. The topological polar surface area (TPSA) is 133 Å². The zero-order chi connectivity index (χ0) is 11.6. The van der Waals surface area contributed by atoms with Crippen LogP contribution < -0.4 is 11.3 Å². The third kappa shape index (κ3) is 13.7. The van der Waals surface area contributed by atoms with Gasteiger partial charge in [-0.2, -0.15) is 11.8 Å². The van der Waals surface area contributed by atoms with Crippen LogP contribution in [0.15, 0.2) is 0 Å². The predicted molar refractivity (Wildman–Crippen MR) is 51.9 cm³/mol. The Hall–Kier alpha value is -0.830. The van der Waals surface area contributed by atoms with Crippen molar-refractivity contribution in [3.05, 3.63) is 0 Å². The number of thioether (sulfide) groups is 1. The molecule has 0 saturated carbocycles. The highest BCUT2D eigenvalue weighted by Crippen LogP contribution is 1.94. The van der Waals surface area contributed by atoms with Crippen molar-refractivity contribution in [1.82, 2.24) is 5.43 Å². The maximum absolute atomic E-state index is 9.10. The zero-order valence-electron chi connectivity index (χ0n) is 7.64. The molecule has 14 heavy (non-hydrogen) atoms. The molecule has 0 aromatic carbocycles. The van der Waals surface area contributed by atoms with Crippen molar-refractivity contribution >= 4 is 23.7 Å². The SMILES string of the molecule is CSCC(O)CNN.O=C(O)C(=O)O. The molecule has 0 aliphatic heterocycles. The number of hydrogen-bond donors (Lipinski definition) is 5. The Bertz CT molecular complexity index is 160. The number of carboxylic acids is 2. The molecule has 7 nitrogen and oxygen atoms in total. The standard InChI is InChI=1S/C4H12N2OS.C2H2O4/c1-8-3-4(7)2-6-5;3-1(4)2(5)6/h4,6-7H,2-3,5H2,1H3;(H,3,4)(H,5,6). The van der Waals surface area contributed by atoms with Crippen LogP contribution in [0.5, 0.6) is 0 Å². The van der Waals surface area contributed by atoms with E-state index in [0.717, 1.165) is 5.75 Å². The summed E-state index contributed by atoms with van der Waals surface area (Å²) in [5.74, 6) is 2.03. The van der Waals surface area contributed by atoms with Gasteiger partial charge in [-0.1, -0.05) is 0 Å². The summed E-state index contributed by atoms with van der Waals surface area (Å²) in [5.41, 5.74) is 2.39. The quantitative estimate of drug-likeness (QED) is 0.218. The minimum absolute atomic E-state index is 0.310. The molecule has 0 fully saturated rings. The highest BCUT2D eigenvalue weighted by molar-refractivity contribution is 7.98. The zero-order valence-corrected chi connectivity index (χ0v) is 8.45. The second-order valence-corrected chi connectivity index (χ2v) is 3.04. The van der Waals surface area contributed by atoms with Gasteiger partial charge in [-0.25, -0.2) is 9.59 Å². The van der Waals surface area contributed by atoms with Crippen LogP contribution in [0.2, 0.25) is 0 Å². The maximum atomic E-state index is 9.10. The summed E-state index contributed by atoms with van der Waals surface area (Å²) in [4.78, 5) is 18.2. The number of hydrazine groups is 1. The Morgan fingerprint density at radius 1 is 1.43 bits per heavy atom. The number of nitrogens with one attached hydrogen (secondary N) is 1. The smallest absolute Gasteiger partial charge is 0.414 e. The number of aliphatic hydroxyl groups is 1. The Kier molecular flexibility index (Phi) is 11.4. The molecule has 84 valence electrons. The molecule has 6 N–H and O–H groups in total. The Balaban J connectivity index is 0. The van der Waals surface area contributed by atoms with Gasteiger partial charge in [0.05, 0.1) is 6.10 Å². The largest absolute Gasteiger partial charge is 0.473 e. The van der Waals surface area contributed by atoms with Crippen LogP contribution in [-0.4, -0.2) is 51.9 Å². The minimum Gasteiger partial charge on any atom is -0.473 e. The predicted octanol–water partition coefficient (Wildman–Crippen LogP) is -1.67. The van der Waals surface area contributed by atoms with Gasteiger partial charge in [-0.15, -0.1) is 0 Å². The maximum Gasteiger partial charge on any atom is 0.414 e. The van der Waals surface area contributed by atoms with Gasteiger partial charge in [0.2, 0.25) is 0 Å². The first-order valence-corrected chi connectivity index (χ1v) is 4.91. The van der Waals surface area contributed by atoms with Gasteiger partial charge < -0.3 is 15.3 Å². The van der Waals surface area contributed by atoms with Crippen LogP contribution in [0.1, 0.15) is 0 Å². The van der Waals surface area contributed by atoms with Gasteiger partial charge in [0.25, 0.3) is 0 Å². The van der Waals surface area contributed by atoms with Crippen molar-refractivity contribution in [2.45, 2.75) is 6.10 Å². The molecule has 1 unspecified atom stereocenters. The number of rotatable bonds is 4. The molecule has 0 heterocycles. The van der Waals surface area contributed by atoms with Crippen molar-refractivity contribution in [1.29, 1.82) is 0 Å². The first kappa shape index (κ1) is 15.6. The molecule has 0 aromatic heterocycles. The molecule has 8 heteroatoms. The van der Waals surface area contributed by atoms with Crippen molar-refractivity contribution in [3.63, 3.8) is 0 Å². The van der Waals surface area contributed by atoms with Gasteiger partial charge in [0.15, 0.2) is 0 Å². The number of hydrogen-bond acceptors (Lipinski definition) is 6. The van der Waals surface area contributed by atoms with Crippen molar-refractivity contribution in [3.8, 4) is 0 Å². The van der Waals surface area contributed by atoms with Gasteiger partial charge in [-0.3, -0.25) is 11.3 Å². The summed E-state index contributed by atoms with van der Waals surface area (Å²) in [7, 11) is 0. The molecule has 0 aromatic rings. The van der Waals surface area contributed by atoms with Crippen LogP contribution in [0.25, 0.3) is 0 Å². The van der Waals surface area contributed by atoms with Crippen LogP contribution in [0, 0.1) is 0 Å². The van der Waals surface area contributed by atoms with E-state index in [1.165, 1.54) is 0 Å². The molecule has 0 rings (SSSR count). The van der Waals surface area contributed by atoms with Crippen molar-refractivity contribution in [2.24, 2.45) is 5.84 Å². The fourth-order valence-corrected chi connectivity index (χ4v) is 0.890. The van der Waals surface area contributed by atoms with Gasteiger partial charge in [0.1, 0.15) is 0 Å². The summed E-state index contributed by atoms with van der Waals surface area (Å²) >= 11 is 1.60. The van der Waals surface area contributed by atoms with E-state index < -0.39 is 11.9 Å². The molecule has 0 bridgehead atoms. The molecule has 0 aliphatic carbocycles. The lowest BCUT2D eigenvalue weighted by Gasteiger charge is -2.05. The lowest BCUT2D eigenvalue weighted by Crippen LogP contribution is -2.33. The Morgan fingerprint density at radius 3 is 2.07 bits per heavy atom. The highest BCUT2D eigenvalue weighted by Gasteiger charge is 2.04. The molecular weight excluding hydrogens is 212 g/mol. The molecule has 0 spiro atoms. The summed E-state index contributed by atoms with van der Waals surface area (Å²) in [5, 5.41) is 23.7. The summed E-state index contributed by atoms with van der Waals surface area (Å²) in [6.07, 6.45) is 1.63. The van der Waals surface area contributed by atoms with Crippen LogP contribution in [0.4, 0.5) is 0 Å². The number of carbonyl (C=O) groups is 2. The summed E-state index contributed by atoms with van der Waals surface area (Å²) in [6, 6.07) is 0. The van der Waals surface area contributed by atoms with E-state index in [2.05, 4.69) is 5.43 Å². The second-order valence-electron chi connectivity index (χ2n) is 2.13. The van der Waals surface area contributed by atoms with Crippen LogP contribution in [0.3, 0.4) is 0 Å². The lowest BCUT2D eigenvalue weighted by atomic mass is 10.4. The average Bonchev–Trinajstić information content (AvgIpc) is 2.06. The number of aliphatic carboxylic acids is 2. The number of nitrogens with two attached hydrogens (primary N) is 1.